The highest BCUT2D eigenvalue weighted by atomic mass is 16.5. The average molecular weight is 263 g/mol. The summed E-state index contributed by atoms with van der Waals surface area (Å²) < 4.78 is 5.63. The Morgan fingerprint density at radius 1 is 1.32 bits per heavy atom. The smallest absolute Gasteiger partial charge is 0.159 e. The van der Waals surface area contributed by atoms with E-state index >= 15 is 0 Å². The second-order valence-corrected chi connectivity index (χ2v) is 5.15. The zero-order chi connectivity index (χ0) is 13.7. The number of ether oxygens (including phenoxy) is 1. The molecular formula is C15H25N3O. The third-order valence-corrected chi connectivity index (χ3v) is 3.67. The number of aromatic nitrogens is 2. The van der Waals surface area contributed by atoms with E-state index < -0.39 is 0 Å². The molecule has 4 heteroatoms. The lowest BCUT2D eigenvalue weighted by molar-refractivity contribution is 0.0699. The third-order valence-electron chi connectivity index (χ3n) is 3.67. The molecule has 0 saturated heterocycles. The van der Waals surface area contributed by atoms with Gasteiger partial charge in [-0.25, -0.2) is 9.97 Å². The maximum Gasteiger partial charge on any atom is 0.159 e. The Hall–Kier alpha value is -1.16. The summed E-state index contributed by atoms with van der Waals surface area (Å²) in [4.78, 5) is 9.31. The van der Waals surface area contributed by atoms with Gasteiger partial charge in [0.05, 0.1) is 0 Å². The van der Waals surface area contributed by atoms with Crippen molar-refractivity contribution in [1.82, 2.24) is 9.97 Å². The Kier molecular flexibility index (Phi) is 5.14. The molecule has 1 aromatic heterocycles. The van der Waals surface area contributed by atoms with E-state index in [4.69, 9.17) is 9.72 Å². The van der Waals surface area contributed by atoms with Crippen LogP contribution in [-0.2, 0) is 4.74 Å². The Balaban J connectivity index is 2.25. The quantitative estimate of drug-likeness (QED) is 0.850. The van der Waals surface area contributed by atoms with Crippen molar-refractivity contribution in [2.24, 2.45) is 0 Å². The fourth-order valence-corrected chi connectivity index (χ4v) is 2.69. The molecule has 1 N–H and O–H groups in total. The molecule has 0 radical (unpaired) electrons. The van der Waals surface area contributed by atoms with Gasteiger partial charge in [0, 0.05) is 30.8 Å². The number of nitrogens with zero attached hydrogens (tertiary/aromatic N) is 2. The van der Waals surface area contributed by atoms with Crippen LogP contribution in [-0.4, -0.2) is 23.1 Å². The first-order valence-electron chi connectivity index (χ1n) is 7.49. The fourth-order valence-electron chi connectivity index (χ4n) is 2.69. The van der Waals surface area contributed by atoms with E-state index in [1.165, 1.54) is 31.4 Å². The summed E-state index contributed by atoms with van der Waals surface area (Å²) in [5.74, 6) is 2.34. The minimum Gasteiger partial charge on any atom is -0.371 e. The van der Waals surface area contributed by atoms with E-state index in [1.807, 2.05) is 13.8 Å². The van der Waals surface area contributed by atoms with E-state index in [1.54, 1.807) is 0 Å². The van der Waals surface area contributed by atoms with Crippen molar-refractivity contribution in [3.63, 3.8) is 0 Å². The molecule has 106 valence electrons. The molecule has 2 rings (SSSR count). The summed E-state index contributed by atoms with van der Waals surface area (Å²) in [7, 11) is 0. The lowest BCUT2D eigenvalue weighted by atomic mass is 10.0. The molecule has 0 aliphatic heterocycles. The minimum absolute atomic E-state index is 0.0382. The predicted molar refractivity (Wildman–Crippen MR) is 77.4 cm³/mol. The van der Waals surface area contributed by atoms with Crippen LogP contribution in [0, 0.1) is 0 Å². The summed E-state index contributed by atoms with van der Waals surface area (Å²) in [6.45, 7) is 7.68. The first kappa shape index (κ1) is 14.3. The van der Waals surface area contributed by atoms with Crippen molar-refractivity contribution in [3.05, 3.63) is 17.6 Å². The minimum atomic E-state index is -0.0382. The van der Waals surface area contributed by atoms with E-state index in [0.29, 0.717) is 12.5 Å². The van der Waals surface area contributed by atoms with Crippen molar-refractivity contribution in [3.8, 4) is 0 Å². The summed E-state index contributed by atoms with van der Waals surface area (Å²) in [5, 5.41) is 3.30. The molecule has 1 saturated carbocycles. The summed E-state index contributed by atoms with van der Waals surface area (Å²) in [5.41, 5.74) is 1.19. The standard InChI is InChI=1S/C15H25N3O/c1-4-16-14-10-13(12-8-6-7-9-12)17-15(18-14)11(3)19-5-2/h10-12H,4-9H2,1-3H3,(H,16,17,18). The van der Waals surface area contributed by atoms with Crippen LogP contribution in [0.4, 0.5) is 5.82 Å². The van der Waals surface area contributed by atoms with Gasteiger partial charge in [-0.05, 0) is 33.6 Å². The van der Waals surface area contributed by atoms with E-state index in [-0.39, 0.29) is 6.10 Å². The van der Waals surface area contributed by atoms with E-state index in [9.17, 15) is 0 Å². The highest BCUT2D eigenvalue weighted by Crippen LogP contribution is 2.34. The van der Waals surface area contributed by atoms with Crippen LogP contribution in [0.25, 0.3) is 0 Å². The number of hydrogen-bond acceptors (Lipinski definition) is 4. The highest BCUT2D eigenvalue weighted by molar-refractivity contribution is 5.37. The molecule has 1 heterocycles. The third kappa shape index (κ3) is 3.66. The zero-order valence-electron chi connectivity index (χ0n) is 12.3. The largest absolute Gasteiger partial charge is 0.371 e. The highest BCUT2D eigenvalue weighted by Gasteiger charge is 2.21. The van der Waals surface area contributed by atoms with Crippen molar-refractivity contribution >= 4 is 5.82 Å². The average Bonchev–Trinajstić information content (AvgIpc) is 2.93. The second-order valence-electron chi connectivity index (χ2n) is 5.15. The Bertz CT molecular complexity index is 402. The summed E-state index contributed by atoms with van der Waals surface area (Å²) >= 11 is 0. The van der Waals surface area contributed by atoms with Gasteiger partial charge >= 0.3 is 0 Å². The van der Waals surface area contributed by atoms with Crippen LogP contribution in [0.2, 0.25) is 0 Å². The molecule has 0 amide bonds. The van der Waals surface area contributed by atoms with Crippen molar-refractivity contribution < 1.29 is 4.74 Å². The molecule has 1 fully saturated rings. The van der Waals surface area contributed by atoms with Gasteiger partial charge in [0.2, 0.25) is 0 Å². The van der Waals surface area contributed by atoms with Crippen LogP contribution in [0.15, 0.2) is 6.07 Å². The van der Waals surface area contributed by atoms with Crippen LogP contribution in [0.3, 0.4) is 0 Å². The number of rotatable bonds is 6. The number of hydrogen-bond donors (Lipinski definition) is 1. The number of nitrogens with one attached hydrogen (secondary N) is 1. The molecule has 1 aromatic rings. The van der Waals surface area contributed by atoms with Gasteiger partial charge in [-0.2, -0.15) is 0 Å². The van der Waals surface area contributed by atoms with Gasteiger partial charge in [0.15, 0.2) is 5.82 Å². The lowest BCUT2D eigenvalue weighted by Crippen LogP contribution is -2.11. The Morgan fingerprint density at radius 3 is 2.68 bits per heavy atom. The monoisotopic (exact) mass is 263 g/mol. The van der Waals surface area contributed by atoms with Gasteiger partial charge in [0.25, 0.3) is 0 Å². The first-order valence-corrected chi connectivity index (χ1v) is 7.49. The molecular weight excluding hydrogens is 238 g/mol. The molecule has 1 aliphatic carbocycles. The van der Waals surface area contributed by atoms with Crippen LogP contribution in [0.5, 0.6) is 0 Å². The maximum absolute atomic E-state index is 5.63. The zero-order valence-corrected chi connectivity index (χ0v) is 12.3. The van der Waals surface area contributed by atoms with Crippen LogP contribution in [0.1, 0.15) is 70.0 Å². The van der Waals surface area contributed by atoms with Crippen LogP contribution < -0.4 is 5.32 Å². The van der Waals surface area contributed by atoms with Gasteiger partial charge in [-0.15, -0.1) is 0 Å². The molecule has 0 bridgehead atoms. The van der Waals surface area contributed by atoms with Crippen LogP contribution >= 0.6 is 0 Å². The Morgan fingerprint density at radius 2 is 2.05 bits per heavy atom. The van der Waals surface area contributed by atoms with Gasteiger partial charge in [-0.1, -0.05) is 12.8 Å². The fraction of sp³-hybridized carbons (Fsp3) is 0.733. The maximum atomic E-state index is 5.63. The molecule has 1 unspecified atom stereocenters. The Labute approximate surface area is 116 Å². The lowest BCUT2D eigenvalue weighted by Gasteiger charge is -2.16. The number of anilines is 1. The molecule has 0 aromatic carbocycles. The summed E-state index contributed by atoms with van der Waals surface area (Å²) in [6.07, 6.45) is 5.11. The molecule has 0 spiro atoms. The topological polar surface area (TPSA) is 47.0 Å². The molecule has 1 aliphatic rings. The van der Waals surface area contributed by atoms with Gasteiger partial charge in [-0.3, -0.25) is 0 Å². The van der Waals surface area contributed by atoms with Gasteiger partial charge in [0.1, 0.15) is 11.9 Å². The normalized spacial score (nSPS) is 17.6. The molecule has 4 nitrogen and oxygen atoms in total. The SMILES string of the molecule is CCNc1cc(C2CCCC2)nc(C(C)OCC)n1. The second kappa shape index (κ2) is 6.85. The molecule has 19 heavy (non-hydrogen) atoms. The molecule has 1 atom stereocenters. The van der Waals surface area contributed by atoms with Gasteiger partial charge < -0.3 is 10.1 Å². The summed E-state index contributed by atoms with van der Waals surface area (Å²) in [6, 6.07) is 2.11. The first-order chi connectivity index (χ1) is 9.24. The van der Waals surface area contributed by atoms with E-state index in [0.717, 1.165) is 18.2 Å². The van der Waals surface area contributed by atoms with Crippen molar-refractivity contribution in [1.29, 1.82) is 0 Å². The van der Waals surface area contributed by atoms with Crippen molar-refractivity contribution in [2.75, 3.05) is 18.5 Å². The predicted octanol–water partition coefficient (Wildman–Crippen LogP) is 3.66. The van der Waals surface area contributed by atoms with Crippen molar-refractivity contribution in [2.45, 2.75) is 58.5 Å². The van der Waals surface area contributed by atoms with E-state index in [2.05, 4.69) is 23.3 Å².